The lowest BCUT2D eigenvalue weighted by molar-refractivity contribution is 0.803. The first-order valence-corrected chi connectivity index (χ1v) is 5.39. The van der Waals surface area contributed by atoms with Gasteiger partial charge in [0.05, 0.1) is 5.69 Å². The molecule has 2 rings (SSSR count). The van der Waals surface area contributed by atoms with Crippen molar-refractivity contribution in [1.82, 2.24) is 19.6 Å². The molecule has 0 aliphatic heterocycles. The zero-order chi connectivity index (χ0) is 11.0. The monoisotopic (exact) mass is 224 g/mol. The average molecular weight is 225 g/mol. The Kier molecular flexibility index (Phi) is 2.61. The summed E-state index contributed by atoms with van der Waals surface area (Å²) in [4.78, 5) is 4.22. The molecule has 2 aromatic rings. The van der Waals surface area contributed by atoms with Gasteiger partial charge in [-0.2, -0.15) is 0 Å². The van der Waals surface area contributed by atoms with E-state index in [1.807, 2.05) is 18.2 Å². The molecule has 0 saturated heterocycles. The topological polar surface area (TPSA) is 43.1 Å². The highest BCUT2D eigenvalue weighted by atomic mass is 35.5. The predicted octanol–water partition coefficient (Wildman–Crippen LogP) is 2.35. The maximum atomic E-state index is 6.01. The molecule has 2 aromatic heterocycles. The average Bonchev–Trinajstić information content (AvgIpc) is 2.60. The summed E-state index contributed by atoms with van der Waals surface area (Å²) >= 11 is 6.01. The third-order valence-electron chi connectivity index (χ3n) is 2.51. The number of aryl methyl sites for hydroxylation is 3. The highest BCUT2D eigenvalue weighted by Gasteiger charge is 2.12. The van der Waals surface area contributed by atoms with Crippen LogP contribution in [-0.2, 0) is 6.42 Å². The van der Waals surface area contributed by atoms with E-state index in [9.17, 15) is 0 Å². The quantitative estimate of drug-likeness (QED) is 0.787. The maximum Gasteiger partial charge on any atom is 0.198 e. The van der Waals surface area contributed by atoms with Crippen molar-refractivity contribution in [2.45, 2.75) is 33.6 Å². The second kappa shape index (κ2) is 3.77. The van der Waals surface area contributed by atoms with Gasteiger partial charge in [-0.05, 0) is 20.3 Å². The summed E-state index contributed by atoms with van der Waals surface area (Å²) in [7, 11) is 0. The number of fused-ring (bicyclic) bond motifs is 1. The molecule has 0 fully saturated rings. The molecule has 0 aliphatic rings. The van der Waals surface area contributed by atoms with Crippen molar-refractivity contribution in [3.63, 3.8) is 0 Å². The van der Waals surface area contributed by atoms with Gasteiger partial charge in [-0.25, -0.2) is 4.98 Å². The minimum atomic E-state index is 0.424. The summed E-state index contributed by atoms with van der Waals surface area (Å²) in [5.41, 5.74) is 2.63. The van der Waals surface area contributed by atoms with Crippen LogP contribution in [0.15, 0.2) is 0 Å². The van der Waals surface area contributed by atoms with Gasteiger partial charge in [-0.3, -0.25) is 4.40 Å². The van der Waals surface area contributed by atoms with Crippen LogP contribution in [-0.4, -0.2) is 19.6 Å². The standard InChI is InChI=1S/C10H13ClN4/c1-4-5-8-13-14-10-9(11)12-6(2)7(3)15(8)10/h4-5H2,1-3H3. The van der Waals surface area contributed by atoms with Gasteiger partial charge in [-0.15, -0.1) is 10.2 Å². The molecule has 5 heteroatoms. The fraction of sp³-hybridized carbons (Fsp3) is 0.500. The van der Waals surface area contributed by atoms with E-state index < -0.39 is 0 Å². The maximum absolute atomic E-state index is 6.01. The van der Waals surface area contributed by atoms with E-state index in [0.717, 1.165) is 30.1 Å². The summed E-state index contributed by atoms with van der Waals surface area (Å²) in [6.07, 6.45) is 1.95. The number of aromatic nitrogens is 4. The first-order valence-electron chi connectivity index (χ1n) is 5.01. The van der Waals surface area contributed by atoms with Crippen LogP contribution in [0.2, 0.25) is 5.15 Å². The number of rotatable bonds is 2. The predicted molar refractivity (Wildman–Crippen MR) is 59.3 cm³/mol. The largest absolute Gasteiger partial charge is 0.279 e. The fourth-order valence-corrected chi connectivity index (χ4v) is 1.88. The Labute approximate surface area is 93.3 Å². The van der Waals surface area contributed by atoms with Crippen LogP contribution in [0.1, 0.15) is 30.6 Å². The van der Waals surface area contributed by atoms with E-state index >= 15 is 0 Å². The second-order valence-electron chi connectivity index (χ2n) is 3.60. The zero-order valence-corrected chi connectivity index (χ0v) is 9.84. The van der Waals surface area contributed by atoms with Crippen LogP contribution in [0.4, 0.5) is 0 Å². The molecule has 4 nitrogen and oxygen atoms in total. The van der Waals surface area contributed by atoms with Gasteiger partial charge in [-0.1, -0.05) is 18.5 Å². The SMILES string of the molecule is CCCc1nnc2c(Cl)nc(C)c(C)n12. The Morgan fingerprint density at radius 1 is 1.27 bits per heavy atom. The highest BCUT2D eigenvalue weighted by molar-refractivity contribution is 6.32. The minimum Gasteiger partial charge on any atom is -0.279 e. The Morgan fingerprint density at radius 3 is 2.67 bits per heavy atom. The summed E-state index contributed by atoms with van der Waals surface area (Å²) in [6, 6.07) is 0. The molecular formula is C10H13ClN4. The molecule has 0 aromatic carbocycles. The first kappa shape index (κ1) is 10.4. The fourth-order valence-electron chi connectivity index (χ4n) is 1.63. The van der Waals surface area contributed by atoms with Crippen molar-refractivity contribution in [2.24, 2.45) is 0 Å². The molecule has 0 radical (unpaired) electrons. The Hall–Kier alpha value is -1.16. The van der Waals surface area contributed by atoms with Crippen molar-refractivity contribution >= 4 is 17.2 Å². The number of halogens is 1. The Bertz CT molecular complexity index is 504. The van der Waals surface area contributed by atoms with Crippen molar-refractivity contribution in [1.29, 1.82) is 0 Å². The van der Waals surface area contributed by atoms with E-state index in [2.05, 4.69) is 22.1 Å². The van der Waals surface area contributed by atoms with Crippen LogP contribution < -0.4 is 0 Å². The Balaban J connectivity index is 2.77. The molecule has 0 aliphatic carbocycles. The molecule has 0 bridgehead atoms. The minimum absolute atomic E-state index is 0.424. The lowest BCUT2D eigenvalue weighted by Gasteiger charge is -2.06. The summed E-state index contributed by atoms with van der Waals surface area (Å²) in [6.45, 7) is 6.07. The van der Waals surface area contributed by atoms with E-state index in [1.165, 1.54) is 0 Å². The van der Waals surface area contributed by atoms with Crippen LogP contribution in [0.5, 0.6) is 0 Å². The van der Waals surface area contributed by atoms with Crippen LogP contribution in [0.25, 0.3) is 5.65 Å². The third kappa shape index (κ3) is 1.59. The van der Waals surface area contributed by atoms with E-state index in [4.69, 9.17) is 11.6 Å². The van der Waals surface area contributed by atoms with Crippen molar-refractivity contribution in [2.75, 3.05) is 0 Å². The van der Waals surface area contributed by atoms with Gasteiger partial charge in [0.2, 0.25) is 0 Å². The van der Waals surface area contributed by atoms with E-state index in [1.54, 1.807) is 0 Å². The highest BCUT2D eigenvalue weighted by Crippen LogP contribution is 2.18. The van der Waals surface area contributed by atoms with Gasteiger partial charge in [0.15, 0.2) is 10.8 Å². The molecule has 0 atom stereocenters. The van der Waals surface area contributed by atoms with E-state index in [-0.39, 0.29) is 0 Å². The number of hydrogen-bond acceptors (Lipinski definition) is 3. The van der Waals surface area contributed by atoms with Crippen LogP contribution >= 0.6 is 11.6 Å². The molecule has 80 valence electrons. The number of hydrogen-bond donors (Lipinski definition) is 0. The lowest BCUT2D eigenvalue weighted by atomic mass is 10.3. The van der Waals surface area contributed by atoms with Gasteiger partial charge in [0.25, 0.3) is 0 Å². The second-order valence-corrected chi connectivity index (χ2v) is 3.96. The molecule has 0 saturated carbocycles. The van der Waals surface area contributed by atoms with Gasteiger partial charge < -0.3 is 0 Å². The zero-order valence-electron chi connectivity index (χ0n) is 9.08. The van der Waals surface area contributed by atoms with Crippen LogP contribution in [0, 0.1) is 13.8 Å². The Morgan fingerprint density at radius 2 is 2.00 bits per heavy atom. The summed E-state index contributed by atoms with van der Waals surface area (Å²) < 4.78 is 1.99. The lowest BCUT2D eigenvalue weighted by Crippen LogP contribution is -2.03. The third-order valence-corrected chi connectivity index (χ3v) is 2.77. The van der Waals surface area contributed by atoms with Crippen molar-refractivity contribution in [3.8, 4) is 0 Å². The van der Waals surface area contributed by atoms with Gasteiger partial charge in [0.1, 0.15) is 5.82 Å². The first-order chi connectivity index (χ1) is 7.15. The van der Waals surface area contributed by atoms with E-state index in [0.29, 0.717) is 10.8 Å². The number of nitrogens with zero attached hydrogens (tertiary/aromatic N) is 4. The molecule has 0 unspecified atom stereocenters. The smallest absolute Gasteiger partial charge is 0.198 e. The summed E-state index contributed by atoms with van der Waals surface area (Å²) in [5.74, 6) is 0.956. The molecule has 2 heterocycles. The van der Waals surface area contributed by atoms with Gasteiger partial charge >= 0.3 is 0 Å². The van der Waals surface area contributed by atoms with Gasteiger partial charge in [0, 0.05) is 12.1 Å². The van der Waals surface area contributed by atoms with Crippen molar-refractivity contribution in [3.05, 3.63) is 22.4 Å². The molecule has 0 spiro atoms. The molecule has 0 N–H and O–H groups in total. The normalized spacial score (nSPS) is 11.2. The van der Waals surface area contributed by atoms with Crippen LogP contribution in [0.3, 0.4) is 0 Å². The van der Waals surface area contributed by atoms with Crippen molar-refractivity contribution < 1.29 is 0 Å². The molecule has 15 heavy (non-hydrogen) atoms. The summed E-state index contributed by atoms with van der Waals surface area (Å²) in [5, 5.41) is 8.62. The molecular weight excluding hydrogens is 212 g/mol. The molecule has 0 amide bonds.